The van der Waals surface area contributed by atoms with Crippen molar-refractivity contribution in [2.75, 3.05) is 0 Å². The van der Waals surface area contributed by atoms with Crippen molar-refractivity contribution in [2.24, 2.45) is 11.7 Å². The summed E-state index contributed by atoms with van der Waals surface area (Å²) in [5.41, 5.74) is 5.07. The van der Waals surface area contributed by atoms with Crippen molar-refractivity contribution in [3.63, 3.8) is 0 Å². The maximum Gasteiger partial charge on any atom is 0.217 e. The monoisotopic (exact) mass is 292 g/mol. The van der Waals surface area contributed by atoms with Gasteiger partial charge in [0.15, 0.2) is 0 Å². The molecule has 18 heavy (non-hydrogen) atoms. The van der Waals surface area contributed by atoms with Gasteiger partial charge < -0.3 is 5.73 Å². The van der Waals surface area contributed by atoms with Crippen molar-refractivity contribution in [1.82, 2.24) is 4.72 Å². The van der Waals surface area contributed by atoms with E-state index in [0.717, 1.165) is 12.8 Å². The van der Waals surface area contributed by atoms with Crippen LogP contribution < -0.4 is 10.5 Å². The van der Waals surface area contributed by atoms with Gasteiger partial charge in [0.1, 0.15) is 0 Å². The minimum absolute atomic E-state index is 0.266. The number of nitrogens with one attached hydrogen (secondary N) is 1. The van der Waals surface area contributed by atoms with E-state index in [1.54, 1.807) is 20.8 Å². The number of rotatable bonds is 3. The molecule has 3 N–H and O–H groups in total. The van der Waals surface area contributed by atoms with E-state index in [0.29, 0.717) is 18.8 Å². The molecule has 0 spiro atoms. The smallest absolute Gasteiger partial charge is 0.217 e. The molecule has 1 aliphatic carbocycles. The lowest BCUT2D eigenvalue weighted by atomic mass is 9.78. The number of hydrogen-bond acceptors (Lipinski definition) is 3. The van der Waals surface area contributed by atoms with E-state index in [2.05, 4.69) is 11.6 Å². The van der Waals surface area contributed by atoms with Crippen LogP contribution in [0.15, 0.2) is 0 Å². The van der Waals surface area contributed by atoms with E-state index in [1.165, 1.54) is 0 Å². The molecule has 0 aromatic heterocycles. The largest absolute Gasteiger partial charge is 0.392 e. The average Bonchev–Trinajstić information content (AvgIpc) is 2.19. The Hall–Kier alpha value is -0.200. The molecular formula is C12H24N2O2S2. The Labute approximate surface area is 116 Å². The molecule has 0 bridgehead atoms. The number of thiocarbonyl (C=S) groups is 1. The van der Waals surface area contributed by atoms with Gasteiger partial charge in [-0.15, -0.1) is 0 Å². The van der Waals surface area contributed by atoms with Crippen molar-refractivity contribution in [3.8, 4) is 0 Å². The van der Waals surface area contributed by atoms with Crippen LogP contribution in [0.25, 0.3) is 0 Å². The van der Waals surface area contributed by atoms with Crippen LogP contribution in [-0.4, -0.2) is 23.7 Å². The molecule has 0 aromatic carbocycles. The molecule has 106 valence electrons. The van der Waals surface area contributed by atoms with E-state index < -0.39 is 20.3 Å². The van der Waals surface area contributed by atoms with Gasteiger partial charge in [0.25, 0.3) is 0 Å². The lowest BCUT2D eigenvalue weighted by molar-refractivity contribution is 0.287. The summed E-state index contributed by atoms with van der Waals surface area (Å²) < 4.78 is 26.5. The number of nitrogens with two attached hydrogens (primary N) is 1. The Morgan fingerprint density at radius 3 is 2.11 bits per heavy atom. The first-order chi connectivity index (χ1) is 8.00. The standard InChI is InChI=1S/C12H24N2O2S2/c1-9-5-7-12(8-6-9,10(13)17)14-18(15,16)11(2,3)4/h9,14H,5-8H2,1-4H3,(H2,13,17). The molecule has 6 heteroatoms. The molecule has 0 saturated heterocycles. The highest BCUT2D eigenvalue weighted by Gasteiger charge is 2.43. The summed E-state index contributed by atoms with van der Waals surface area (Å²) >= 11 is 5.11. The zero-order valence-electron chi connectivity index (χ0n) is 11.6. The topological polar surface area (TPSA) is 72.2 Å². The highest BCUT2D eigenvalue weighted by atomic mass is 32.2. The SMILES string of the molecule is CC1CCC(NS(=O)(=O)C(C)(C)C)(C(N)=S)CC1. The van der Waals surface area contributed by atoms with Gasteiger partial charge in [-0.3, -0.25) is 0 Å². The summed E-state index contributed by atoms with van der Waals surface area (Å²) in [5.74, 6) is 0.603. The minimum atomic E-state index is -3.44. The number of sulfonamides is 1. The molecule has 0 aromatic rings. The van der Waals surface area contributed by atoms with Gasteiger partial charge in [-0.2, -0.15) is 0 Å². The highest BCUT2D eigenvalue weighted by Crippen LogP contribution is 2.34. The zero-order valence-corrected chi connectivity index (χ0v) is 13.2. The van der Waals surface area contributed by atoms with E-state index in [-0.39, 0.29) is 4.99 Å². The van der Waals surface area contributed by atoms with E-state index in [4.69, 9.17) is 18.0 Å². The summed E-state index contributed by atoms with van der Waals surface area (Å²) in [4.78, 5) is 0.266. The first-order valence-corrected chi connectivity index (χ1v) is 8.23. The van der Waals surface area contributed by atoms with E-state index in [9.17, 15) is 8.42 Å². The fourth-order valence-electron chi connectivity index (χ4n) is 2.06. The lowest BCUT2D eigenvalue weighted by Gasteiger charge is -2.40. The van der Waals surface area contributed by atoms with Gasteiger partial charge in [0.2, 0.25) is 10.0 Å². The van der Waals surface area contributed by atoms with Gasteiger partial charge in [0.05, 0.1) is 15.3 Å². The van der Waals surface area contributed by atoms with Crippen LogP contribution in [0.1, 0.15) is 53.4 Å². The molecule has 0 amide bonds. The van der Waals surface area contributed by atoms with Gasteiger partial charge in [-0.05, 0) is 52.4 Å². The molecule has 0 radical (unpaired) electrons. The van der Waals surface area contributed by atoms with Crippen molar-refractivity contribution < 1.29 is 8.42 Å². The van der Waals surface area contributed by atoms with Crippen molar-refractivity contribution in [2.45, 2.75) is 63.7 Å². The summed E-state index contributed by atoms with van der Waals surface area (Å²) in [6, 6.07) is 0. The number of hydrogen-bond donors (Lipinski definition) is 2. The van der Waals surface area contributed by atoms with Gasteiger partial charge in [-0.25, -0.2) is 13.1 Å². The van der Waals surface area contributed by atoms with E-state index >= 15 is 0 Å². The van der Waals surface area contributed by atoms with Crippen molar-refractivity contribution in [3.05, 3.63) is 0 Å². The first-order valence-electron chi connectivity index (χ1n) is 6.34. The fraction of sp³-hybridized carbons (Fsp3) is 0.917. The van der Waals surface area contributed by atoms with Crippen LogP contribution >= 0.6 is 12.2 Å². The van der Waals surface area contributed by atoms with Gasteiger partial charge >= 0.3 is 0 Å². The summed E-state index contributed by atoms with van der Waals surface area (Å²) in [6.07, 6.45) is 3.28. The Bertz CT molecular complexity index is 416. The average molecular weight is 292 g/mol. The molecule has 1 saturated carbocycles. The molecule has 1 aliphatic rings. The molecule has 1 rings (SSSR count). The van der Waals surface area contributed by atoms with Crippen LogP contribution in [0.3, 0.4) is 0 Å². The second kappa shape index (κ2) is 5.06. The first kappa shape index (κ1) is 15.9. The second-order valence-corrected chi connectivity index (χ2v) is 9.22. The van der Waals surface area contributed by atoms with E-state index in [1.807, 2.05) is 0 Å². The van der Waals surface area contributed by atoms with Crippen LogP contribution in [0.4, 0.5) is 0 Å². The lowest BCUT2D eigenvalue weighted by Crippen LogP contribution is -2.60. The third-order valence-corrected chi connectivity index (χ3v) is 6.40. The second-order valence-electron chi connectivity index (χ2n) is 6.35. The van der Waals surface area contributed by atoms with Crippen molar-refractivity contribution in [1.29, 1.82) is 0 Å². The predicted molar refractivity (Wildman–Crippen MR) is 79.0 cm³/mol. The molecule has 0 aliphatic heterocycles. The van der Waals surface area contributed by atoms with Gasteiger partial charge in [0, 0.05) is 0 Å². The summed E-state index contributed by atoms with van der Waals surface area (Å²) in [6.45, 7) is 7.19. The van der Waals surface area contributed by atoms with Crippen LogP contribution in [0.2, 0.25) is 0 Å². The zero-order chi connectivity index (χ0) is 14.2. The Kier molecular flexibility index (Phi) is 4.45. The quantitative estimate of drug-likeness (QED) is 0.780. The maximum atomic E-state index is 12.3. The fourth-order valence-corrected chi connectivity index (χ4v) is 3.52. The predicted octanol–water partition coefficient (Wildman–Crippen LogP) is 1.94. The third-order valence-electron chi connectivity index (χ3n) is 3.74. The Morgan fingerprint density at radius 1 is 1.33 bits per heavy atom. The molecule has 4 nitrogen and oxygen atoms in total. The summed E-state index contributed by atoms with van der Waals surface area (Å²) in [5, 5.41) is 0. The van der Waals surface area contributed by atoms with Crippen LogP contribution in [0.5, 0.6) is 0 Å². The molecule has 0 atom stereocenters. The normalized spacial score (nSPS) is 30.1. The van der Waals surface area contributed by atoms with Crippen LogP contribution in [0, 0.1) is 5.92 Å². The minimum Gasteiger partial charge on any atom is -0.392 e. The molecule has 0 heterocycles. The van der Waals surface area contributed by atoms with Gasteiger partial charge in [-0.1, -0.05) is 19.1 Å². The Balaban J connectivity index is 2.99. The van der Waals surface area contributed by atoms with Crippen LogP contribution in [-0.2, 0) is 10.0 Å². The molecule has 0 unspecified atom stereocenters. The van der Waals surface area contributed by atoms with Crippen molar-refractivity contribution >= 4 is 27.2 Å². The Morgan fingerprint density at radius 2 is 1.78 bits per heavy atom. The maximum absolute atomic E-state index is 12.3. The molecule has 1 fully saturated rings. The highest BCUT2D eigenvalue weighted by molar-refractivity contribution is 7.91. The third kappa shape index (κ3) is 3.22. The summed E-state index contributed by atoms with van der Waals surface area (Å²) in [7, 11) is -3.44. The molecular weight excluding hydrogens is 268 g/mol.